The van der Waals surface area contributed by atoms with Crippen molar-refractivity contribution in [1.29, 1.82) is 10.5 Å². The largest absolute Gasteiger partial charge is 0.400 e. The van der Waals surface area contributed by atoms with Gasteiger partial charge in [-0.2, -0.15) is 10.5 Å². The molecule has 45 heavy (non-hydrogen) atoms. The van der Waals surface area contributed by atoms with E-state index in [0.29, 0.717) is 31.5 Å². The molecule has 0 aliphatic heterocycles. The number of hydrogen-bond donors (Lipinski definition) is 1. The summed E-state index contributed by atoms with van der Waals surface area (Å²) in [5.74, 6) is 0.362. The Bertz CT molecular complexity index is 1630. The average Bonchev–Trinajstić information content (AvgIpc) is 2.96. The minimum absolute atomic E-state index is 0. The number of rotatable bonds is 2. The Morgan fingerprint density at radius 1 is 0.711 bits per heavy atom. The number of carbonyl (C=O) groups is 1. The van der Waals surface area contributed by atoms with Gasteiger partial charge in [0.25, 0.3) is 0 Å². The zero-order valence-electron chi connectivity index (χ0n) is 25.9. The lowest BCUT2D eigenvalue weighted by Crippen LogP contribution is -2.45. The van der Waals surface area contributed by atoms with E-state index >= 15 is 0 Å². The predicted octanol–water partition coefficient (Wildman–Crippen LogP) is 9.14. The number of nitrogens with two attached hydrogens (primary N) is 1. The van der Waals surface area contributed by atoms with Crippen LogP contribution in [0.2, 0.25) is 19.6 Å². The summed E-state index contributed by atoms with van der Waals surface area (Å²) in [5, 5.41) is 18.5. The molecular formula is C35H39Br3ClN3O2Si. The number of aryl methyl sites for hydroxylation is 3. The maximum Gasteiger partial charge on any atom is 0.185 e. The normalized spacial score (nSPS) is 21.4. The molecule has 0 aromatic heterocycles. The molecule has 6 rings (SSSR count). The third-order valence-corrected chi connectivity index (χ3v) is 10.6. The van der Waals surface area contributed by atoms with Crippen LogP contribution in [0.3, 0.4) is 0 Å². The van der Waals surface area contributed by atoms with Gasteiger partial charge in [0.15, 0.2) is 8.32 Å². The first-order chi connectivity index (χ1) is 20.7. The summed E-state index contributed by atoms with van der Waals surface area (Å²) in [6.45, 7) is 6.42. The Kier molecular flexibility index (Phi) is 13.3. The van der Waals surface area contributed by atoms with Crippen LogP contribution in [0.25, 0.3) is 0 Å². The molecule has 0 saturated heterocycles. The number of hydrogen-bond acceptors (Lipinski definition) is 5. The van der Waals surface area contributed by atoms with Crippen LogP contribution < -0.4 is 5.73 Å². The molecule has 5 nitrogen and oxygen atoms in total. The van der Waals surface area contributed by atoms with Crippen LogP contribution in [0.1, 0.15) is 52.6 Å². The first-order valence-corrected chi connectivity index (χ1v) is 20.7. The second-order valence-electron chi connectivity index (χ2n) is 12.9. The molecule has 2 N–H and O–H groups in total. The number of fused-ring (bicyclic) bond motifs is 3. The van der Waals surface area contributed by atoms with Crippen LogP contribution in [0, 0.1) is 22.7 Å². The van der Waals surface area contributed by atoms with Crippen molar-refractivity contribution < 1.29 is 9.22 Å². The van der Waals surface area contributed by atoms with Gasteiger partial charge in [0.2, 0.25) is 0 Å². The summed E-state index contributed by atoms with van der Waals surface area (Å²) < 4.78 is 9.37. The fourth-order valence-corrected chi connectivity index (χ4v) is 8.61. The molecule has 3 aliphatic rings. The highest BCUT2D eigenvalue weighted by molar-refractivity contribution is 9.11. The van der Waals surface area contributed by atoms with Gasteiger partial charge in [-0.25, -0.2) is 0 Å². The van der Waals surface area contributed by atoms with E-state index in [0.717, 1.165) is 45.5 Å². The molecule has 0 saturated carbocycles. The van der Waals surface area contributed by atoms with Crippen LogP contribution in [-0.2, 0) is 47.7 Å². The lowest BCUT2D eigenvalue weighted by molar-refractivity contribution is -0.118. The zero-order chi connectivity index (χ0) is 32.1. The molecule has 2 atom stereocenters. The Balaban J connectivity index is 0.000000186. The van der Waals surface area contributed by atoms with Crippen molar-refractivity contribution in [3.8, 4) is 12.1 Å². The van der Waals surface area contributed by atoms with Gasteiger partial charge < -0.3 is 10.2 Å². The van der Waals surface area contributed by atoms with Crippen LogP contribution in [-0.4, -0.2) is 25.2 Å². The maximum absolute atomic E-state index is 11.1. The van der Waals surface area contributed by atoms with Crippen LogP contribution in [0.5, 0.6) is 0 Å². The molecule has 3 aliphatic carbocycles. The van der Waals surface area contributed by atoms with E-state index in [9.17, 15) is 10.1 Å². The van der Waals surface area contributed by atoms with E-state index in [1.54, 1.807) is 0 Å². The quantitative estimate of drug-likeness (QED) is 0.260. The number of Topliss-reactive ketones (excluding diaryl/α,β-unsaturated/α-hetero) is 1. The van der Waals surface area contributed by atoms with Gasteiger partial charge in [-0.15, -0.1) is 12.4 Å². The molecule has 0 amide bonds. The molecule has 0 fully saturated rings. The number of benzene rings is 3. The maximum atomic E-state index is 11.1. The Morgan fingerprint density at radius 2 is 1.20 bits per heavy atom. The first kappa shape index (κ1) is 37.6. The van der Waals surface area contributed by atoms with Gasteiger partial charge in [-0.05, 0) is 122 Å². The van der Waals surface area contributed by atoms with Crippen molar-refractivity contribution >= 4 is 74.3 Å². The van der Waals surface area contributed by atoms with E-state index in [4.69, 9.17) is 15.4 Å². The highest BCUT2D eigenvalue weighted by Crippen LogP contribution is 2.35. The second kappa shape index (κ2) is 15.8. The molecule has 2 unspecified atom stereocenters. The third-order valence-electron chi connectivity index (χ3n) is 8.11. The van der Waals surface area contributed by atoms with Crippen LogP contribution >= 0.6 is 60.2 Å². The van der Waals surface area contributed by atoms with Crippen molar-refractivity contribution in [3.63, 3.8) is 0 Å². The summed E-state index contributed by atoms with van der Waals surface area (Å²) in [5.41, 5.74) is 12.3. The molecular weight excluding hydrogens is 798 g/mol. The topological polar surface area (TPSA) is 99.9 Å². The molecule has 238 valence electrons. The second-order valence-corrected chi connectivity index (χ2v) is 20.1. The van der Waals surface area contributed by atoms with Gasteiger partial charge in [0.1, 0.15) is 16.9 Å². The number of carbonyl (C=O) groups excluding carboxylic acids is 1. The van der Waals surface area contributed by atoms with E-state index in [1.165, 1.54) is 33.4 Å². The smallest absolute Gasteiger partial charge is 0.185 e. The van der Waals surface area contributed by atoms with Crippen molar-refractivity contribution in [2.75, 3.05) is 0 Å². The minimum Gasteiger partial charge on any atom is -0.400 e. The Hall–Kier alpha value is -1.82. The number of nitriles is 2. The first-order valence-electron chi connectivity index (χ1n) is 14.9. The minimum atomic E-state index is -1.71. The van der Waals surface area contributed by atoms with E-state index in [2.05, 4.69) is 116 Å². The Labute approximate surface area is 299 Å². The summed E-state index contributed by atoms with van der Waals surface area (Å²) in [7, 11) is -1.71. The summed E-state index contributed by atoms with van der Waals surface area (Å²) in [4.78, 5) is 11.1. The molecule has 3 aromatic rings. The Morgan fingerprint density at radius 3 is 1.71 bits per heavy atom. The molecule has 3 aromatic carbocycles. The van der Waals surface area contributed by atoms with Gasteiger partial charge in [-0.1, -0.05) is 66.0 Å². The number of nitrogens with zero attached hydrogens (tertiary/aromatic N) is 2. The molecule has 0 heterocycles. The highest BCUT2D eigenvalue weighted by Gasteiger charge is 2.39. The SMILES string of the molecule is C[Si](C)(C)OC1(C#N)CCc2ccc(Br)cc2C1.Cl.N#CC1(N)CCc2ccc(Br)cc2C1.O=C1CCc2ccc(Br)cc2C1. The molecule has 0 radical (unpaired) electrons. The van der Waals surface area contributed by atoms with Crippen molar-refractivity contribution in [1.82, 2.24) is 0 Å². The van der Waals surface area contributed by atoms with Gasteiger partial charge in [0, 0.05) is 39.1 Å². The van der Waals surface area contributed by atoms with Crippen molar-refractivity contribution in [3.05, 3.63) is 101 Å². The monoisotopic (exact) mass is 833 g/mol. The van der Waals surface area contributed by atoms with Crippen LogP contribution in [0.15, 0.2) is 68.0 Å². The lowest BCUT2D eigenvalue weighted by Gasteiger charge is -2.37. The summed E-state index contributed by atoms with van der Waals surface area (Å²) in [6.07, 6.45) is 7.04. The van der Waals surface area contributed by atoms with E-state index in [-0.39, 0.29) is 12.4 Å². The predicted molar refractivity (Wildman–Crippen MR) is 196 cm³/mol. The number of ketones is 1. The van der Waals surface area contributed by atoms with E-state index < -0.39 is 19.5 Å². The highest BCUT2D eigenvalue weighted by atomic mass is 79.9. The fraction of sp³-hybridized carbons (Fsp3) is 0.400. The van der Waals surface area contributed by atoms with Crippen molar-refractivity contribution in [2.45, 2.75) is 88.6 Å². The van der Waals surface area contributed by atoms with Gasteiger partial charge >= 0.3 is 0 Å². The summed E-state index contributed by atoms with van der Waals surface area (Å²) in [6, 6.07) is 23.4. The average molecular weight is 837 g/mol. The lowest BCUT2D eigenvalue weighted by atomic mass is 9.80. The van der Waals surface area contributed by atoms with Crippen molar-refractivity contribution in [2.24, 2.45) is 5.73 Å². The van der Waals surface area contributed by atoms with Crippen LogP contribution in [0.4, 0.5) is 0 Å². The molecule has 0 bridgehead atoms. The molecule has 0 spiro atoms. The standard InChI is InChI=1S/C14H18BrNOSi.C11H11BrN2.C10H9BrO.ClH/c1-18(2,3)17-14(10-16)7-6-11-4-5-13(15)8-12(11)9-14;12-10-2-1-8-3-4-11(14,7-13)6-9(8)5-10;11-9-3-1-7-2-4-10(12)6-8(7)5-9;/h4-5,8H,6-7,9H2,1-3H3;1-2,5H,3-4,6,14H2;1,3,5H,2,4,6H2;1H. The van der Waals surface area contributed by atoms with Gasteiger partial charge in [-0.3, -0.25) is 4.79 Å². The van der Waals surface area contributed by atoms with Gasteiger partial charge in [0.05, 0.1) is 12.1 Å². The zero-order valence-corrected chi connectivity index (χ0v) is 32.5. The third kappa shape index (κ3) is 10.6. The van der Waals surface area contributed by atoms with E-state index in [1.807, 2.05) is 18.2 Å². The summed E-state index contributed by atoms with van der Waals surface area (Å²) >= 11 is 10.3. The number of halogens is 4. The fourth-order valence-electron chi connectivity index (χ4n) is 5.99. The molecule has 10 heteroatoms.